The van der Waals surface area contributed by atoms with Crippen LogP contribution < -0.4 is 5.32 Å². The molecule has 2 N–H and O–H groups in total. The molecule has 1 aromatic rings. The number of carbonyl (C=O) groups excluding carboxylic acids is 1. The topological polar surface area (TPSA) is 57.4 Å². The highest BCUT2D eigenvalue weighted by Gasteiger charge is 2.26. The first-order valence-electron chi connectivity index (χ1n) is 6.74. The van der Waals surface area contributed by atoms with Crippen LogP contribution in [0.25, 0.3) is 0 Å². The number of H-pyrrole nitrogens is 1. The Balaban J connectivity index is 1.92. The van der Waals surface area contributed by atoms with Gasteiger partial charge in [0.2, 0.25) is 0 Å². The number of ether oxygens (including phenoxy) is 1. The highest BCUT2D eigenvalue weighted by Crippen LogP contribution is 2.11. The number of carbonyl (C=O) groups is 1. The number of aromatic amines is 1. The van der Waals surface area contributed by atoms with Crippen LogP contribution in [0.15, 0.2) is 12.4 Å². The predicted molar refractivity (Wildman–Crippen MR) is 74.3 cm³/mol. The van der Waals surface area contributed by atoms with E-state index in [2.05, 4.69) is 29.0 Å². The number of morpholine rings is 1. The Hall–Kier alpha value is -1.33. The van der Waals surface area contributed by atoms with Crippen molar-refractivity contribution in [2.45, 2.75) is 26.3 Å². The summed E-state index contributed by atoms with van der Waals surface area (Å²) in [6, 6.07) is 0. The molecule has 0 aromatic carbocycles. The van der Waals surface area contributed by atoms with Gasteiger partial charge < -0.3 is 15.0 Å². The van der Waals surface area contributed by atoms with Crippen molar-refractivity contribution in [1.29, 1.82) is 0 Å². The molecule has 1 amide bonds. The number of nitrogens with one attached hydrogen (secondary N) is 2. The smallest absolute Gasteiger partial charge is 0.253 e. The molecule has 0 radical (unpaired) electrons. The van der Waals surface area contributed by atoms with Gasteiger partial charge >= 0.3 is 0 Å². The van der Waals surface area contributed by atoms with Gasteiger partial charge in [0.1, 0.15) is 0 Å². The Morgan fingerprint density at radius 1 is 1.42 bits per heavy atom. The fraction of sp³-hybridized carbons (Fsp3) is 0.643. The third kappa shape index (κ3) is 3.81. The first kappa shape index (κ1) is 14.1. The summed E-state index contributed by atoms with van der Waals surface area (Å²) >= 11 is 0. The van der Waals surface area contributed by atoms with E-state index < -0.39 is 0 Å². The standard InChI is InChI=1S/C14H23N3O2/c1-11-8-15-9-12(11)13(18)16-14(2,3)10-17-4-6-19-7-5-17/h8-9,15H,4-7,10H2,1-3H3,(H,16,18). The first-order valence-corrected chi connectivity index (χ1v) is 6.74. The number of aryl methyl sites for hydroxylation is 1. The number of nitrogens with zero attached hydrogens (tertiary/aromatic N) is 1. The van der Waals surface area contributed by atoms with Crippen molar-refractivity contribution in [2.24, 2.45) is 0 Å². The van der Waals surface area contributed by atoms with Crippen LogP contribution in [0.4, 0.5) is 0 Å². The number of hydrogen-bond donors (Lipinski definition) is 2. The summed E-state index contributed by atoms with van der Waals surface area (Å²) in [5.41, 5.74) is 1.44. The Morgan fingerprint density at radius 3 is 2.68 bits per heavy atom. The van der Waals surface area contributed by atoms with Crippen LogP contribution in [0.2, 0.25) is 0 Å². The number of hydrogen-bond acceptors (Lipinski definition) is 3. The fourth-order valence-electron chi connectivity index (χ4n) is 2.42. The lowest BCUT2D eigenvalue weighted by Crippen LogP contribution is -2.53. The van der Waals surface area contributed by atoms with E-state index in [0.29, 0.717) is 0 Å². The summed E-state index contributed by atoms with van der Waals surface area (Å²) in [5, 5.41) is 3.11. The second-order valence-corrected chi connectivity index (χ2v) is 5.78. The average Bonchev–Trinajstić information content (AvgIpc) is 2.75. The van der Waals surface area contributed by atoms with Crippen molar-refractivity contribution in [2.75, 3.05) is 32.8 Å². The van der Waals surface area contributed by atoms with Gasteiger partial charge in [0.05, 0.1) is 18.8 Å². The van der Waals surface area contributed by atoms with Crippen LogP contribution in [0.1, 0.15) is 29.8 Å². The minimum absolute atomic E-state index is 0.0167. The minimum atomic E-state index is -0.252. The van der Waals surface area contributed by atoms with Gasteiger partial charge in [0.25, 0.3) is 5.91 Å². The van der Waals surface area contributed by atoms with E-state index in [9.17, 15) is 4.79 Å². The maximum Gasteiger partial charge on any atom is 0.253 e. The quantitative estimate of drug-likeness (QED) is 0.859. The third-order valence-electron chi connectivity index (χ3n) is 3.37. The zero-order valence-electron chi connectivity index (χ0n) is 12.0. The van der Waals surface area contributed by atoms with Crippen molar-refractivity contribution in [3.8, 4) is 0 Å². The normalized spacial score (nSPS) is 17.4. The molecular weight excluding hydrogens is 242 g/mol. The van der Waals surface area contributed by atoms with Crippen molar-refractivity contribution >= 4 is 5.91 Å². The molecule has 0 aliphatic carbocycles. The molecule has 106 valence electrons. The van der Waals surface area contributed by atoms with Gasteiger partial charge in [-0.25, -0.2) is 0 Å². The van der Waals surface area contributed by atoms with E-state index in [4.69, 9.17) is 4.74 Å². The van der Waals surface area contributed by atoms with Crippen LogP contribution in [-0.2, 0) is 4.74 Å². The Kier molecular flexibility index (Phi) is 4.27. The second kappa shape index (κ2) is 5.75. The van der Waals surface area contributed by atoms with Gasteiger partial charge in [0, 0.05) is 37.6 Å². The van der Waals surface area contributed by atoms with Crippen LogP contribution >= 0.6 is 0 Å². The molecule has 5 heteroatoms. The predicted octanol–water partition coefficient (Wildman–Crippen LogP) is 1.16. The number of aromatic nitrogens is 1. The van der Waals surface area contributed by atoms with Gasteiger partial charge in [-0.3, -0.25) is 9.69 Å². The zero-order chi connectivity index (χ0) is 13.9. The summed E-state index contributed by atoms with van der Waals surface area (Å²) in [7, 11) is 0. The fourth-order valence-corrected chi connectivity index (χ4v) is 2.42. The summed E-state index contributed by atoms with van der Waals surface area (Å²) in [6.45, 7) is 10.3. The lowest BCUT2D eigenvalue weighted by atomic mass is 10.0. The van der Waals surface area contributed by atoms with Crippen LogP contribution in [0.5, 0.6) is 0 Å². The van der Waals surface area contributed by atoms with Gasteiger partial charge in [0.15, 0.2) is 0 Å². The molecule has 1 aliphatic rings. The molecule has 1 fully saturated rings. The minimum Gasteiger partial charge on any atom is -0.379 e. The molecule has 2 rings (SSSR count). The molecule has 0 atom stereocenters. The van der Waals surface area contributed by atoms with Gasteiger partial charge in [-0.2, -0.15) is 0 Å². The van der Waals surface area contributed by atoms with Crippen molar-refractivity contribution in [1.82, 2.24) is 15.2 Å². The molecule has 0 unspecified atom stereocenters. The Labute approximate surface area is 114 Å². The third-order valence-corrected chi connectivity index (χ3v) is 3.37. The molecule has 0 bridgehead atoms. The number of rotatable bonds is 4. The van der Waals surface area contributed by atoms with E-state index >= 15 is 0 Å². The molecular formula is C14H23N3O2. The molecule has 1 aromatic heterocycles. The average molecular weight is 265 g/mol. The van der Waals surface area contributed by atoms with Gasteiger partial charge in [-0.1, -0.05) is 0 Å². The molecule has 5 nitrogen and oxygen atoms in total. The highest BCUT2D eigenvalue weighted by atomic mass is 16.5. The number of amides is 1. The monoisotopic (exact) mass is 265 g/mol. The maximum absolute atomic E-state index is 12.2. The van der Waals surface area contributed by atoms with E-state index in [0.717, 1.165) is 44.0 Å². The van der Waals surface area contributed by atoms with Crippen LogP contribution in [0.3, 0.4) is 0 Å². The lowest BCUT2D eigenvalue weighted by molar-refractivity contribution is 0.0269. The van der Waals surface area contributed by atoms with E-state index in [1.165, 1.54) is 0 Å². The largest absolute Gasteiger partial charge is 0.379 e. The Morgan fingerprint density at radius 2 is 2.11 bits per heavy atom. The van der Waals surface area contributed by atoms with E-state index in [1.807, 2.05) is 13.1 Å². The van der Waals surface area contributed by atoms with Gasteiger partial charge in [-0.15, -0.1) is 0 Å². The molecule has 1 saturated heterocycles. The Bertz CT molecular complexity index is 434. The molecule has 0 spiro atoms. The summed E-state index contributed by atoms with van der Waals surface area (Å²) in [4.78, 5) is 17.5. The lowest BCUT2D eigenvalue weighted by Gasteiger charge is -2.35. The summed E-state index contributed by atoms with van der Waals surface area (Å²) in [5.74, 6) is -0.0167. The summed E-state index contributed by atoms with van der Waals surface area (Å²) < 4.78 is 5.34. The molecule has 2 heterocycles. The molecule has 1 aliphatic heterocycles. The highest BCUT2D eigenvalue weighted by molar-refractivity contribution is 5.95. The maximum atomic E-state index is 12.2. The van der Waals surface area contributed by atoms with Crippen molar-refractivity contribution < 1.29 is 9.53 Å². The van der Waals surface area contributed by atoms with Crippen molar-refractivity contribution in [3.05, 3.63) is 23.5 Å². The zero-order valence-corrected chi connectivity index (χ0v) is 12.0. The van der Waals surface area contributed by atoms with Gasteiger partial charge in [-0.05, 0) is 26.3 Å². The summed E-state index contributed by atoms with van der Waals surface area (Å²) in [6.07, 6.45) is 3.58. The SMILES string of the molecule is Cc1c[nH]cc1C(=O)NC(C)(C)CN1CCOCC1. The second-order valence-electron chi connectivity index (χ2n) is 5.78. The molecule has 19 heavy (non-hydrogen) atoms. The van der Waals surface area contributed by atoms with Crippen LogP contribution in [0, 0.1) is 6.92 Å². The van der Waals surface area contributed by atoms with Crippen molar-refractivity contribution in [3.63, 3.8) is 0 Å². The molecule has 0 saturated carbocycles. The van der Waals surface area contributed by atoms with E-state index in [-0.39, 0.29) is 11.4 Å². The van der Waals surface area contributed by atoms with Crippen LogP contribution in [-0.4, -0.2) is 54.2 Å². The first-order chi connectivity index (χ1) is 8.98. The van der Waals surface area contributed by atoms with E-state index in [1.54, 1.807) is 6.20 Å².